The predicted molar refractivity (Wildman–Crippen MR) is 61.4 cm³/mol. The fourth-order valence-corrected chi connectivity index (χ4v) is 1.34. The van der Waals surface area contributed by atoms with Crippen molar-refractivity contribution >= 4 is 5.91 Å². The van der Waals surface area contributed by atoms with Gasteiger partial charge in [-0.1, -0.05) is 6.92 Å². The van der Waals surface area contributed by atoms with Crippen LogP contribution in [0.15, 0.2) is 0 Å². The van der Waals surface area contributed by atoms with Crippen molar-refractivity contribution in [1.29, 1.82) is 0 Å². The zero-order chi connectivity index (χ0) is 12.1. The Morgan fingerprint density at radius 1 is 1.47 bits per heavy atom. The molecule has 1 atom stereocenters. The SMILES string of the molecule is CCC(N)CC(=O)N(CC)CC(C)(C)O. The Kier molecular flexibility index (Phi) is 5.83. The summed E-state index contributed by atoms with van der Waals surface area (Å²) in [6, 6.07) is -0.0756. The lowest BCUT2D eigenvalue weighted by atomic mass is 10.1. The maximum absolute atomic E-state index is 11.8. The van der Waals surface area contributed by atoms with E-state index in [4.69, 9.17) is 5.73 Å². The number of rotatable bonds is 6. The van der Waals surface area contributed by atoms with E-state index in [0.29, 0.717) is 19.5 Å². The minimum absolute atomic E-state index is 0.0222. The molecular formula is C11H24N2O2. The molecule has 1 unspecified atom stereocenters. The number of nitrogens with zero attached hydrogens (tertiary/aromatic N) is 1. The van der Waals surface area contributed by atoms with Gasteiger partial charge in [-0.2, -0.15) is 0 Å². The second-order valence-electron chi connectivity index (χ2n) is 4.59. The maximum atomic E-state index is 11.8. The summed E-state index contributed by atoms with van der Waals surface area (Å²) in [6.07, 6.45) is 1.16. The molecule has 0 bridgehead atoms. The molecule has 15 heavy (non-hydrogen) atoms. The van der Waals surface area contributed by atoms with Gasteiger partial charge in [0.2, 0.25) is 5.91 Å². The molecule has 90 valence electrons. The third-order valence-corrected chi connectivity index (χ3v) is 2.27. The van der Waals surface area contributed by atoms with Crippen molar-refractivity contribution in [2.45, 2.75) is 52.2 Å². The minimum Gasteiger partial charge on any atom is -0.389 e. The Hall–Kier alpha value is -0.610. The van der Waals surface area contributed by atoms with Crippen molar-refractivity contribution in [3.8, 4) is 0 Å². The van der Waals surface area contributed by atoms with E-state index in [1.165, 1.54) is 0 Å². The number of hydrogen-bond acceptors (Lipinski definition) is 3. The molecule has 3 N–H and O–H groups in total. The van der Waals surface area contributed by atoms with Gasteiger partial charge in [0, 0.05) is 25.6 Å². The molecule has 0 aromatic heterocycles. The van der Waals surface area contributed by atoms with Crippen molar-refractivity contribution in [3.05, 3.63) is 0 Å². The molecule has 0 fully saturated rings. The van der Waals surface area contributed by atoms with Crippen LogP contribution in [0.4, 0.5) is 0 Å². The number of carbonyl (C=O) groups is 1. The summed E-state index contributed by atoms with van der Waals surface area (Å²) in [7, 11) is 0. The molecule has 0 radical (unpaired) electrons. The van der Waals surface area contributed by atoms with Crippen molar-refractivity contribution in [3.63, 3.8) is 0 Å². The van der Waals surface area contributed by atoms with Crippen molar-refractivity contribution < 1.29 is 9.90 Å². The molecular weight excluding hydrogens is 192 g/mol. The fraction of sp³-hybridized carbons (Fsp3) is 0.909. The average molecular weight is 216 g/mol. The lowest BCUT2D eigenvalue weighted by Crippen LogP contribution is -2.43. The van der Waals surface area contributed by atoms with Gasteiger partial charge >= 0.3 is 0 Å². The van der Waals surface area contributed by atoms with Gasteiger partial charge in [-0.05, 0) is 27.2 Å². The zero-order valence-corrected chi connectivity index (χ0v) is 10.3. The Balaban J connectivity index is 4.23. The molecule has 4 nitrogen and oxygen atoms in total. The van der Waals surface area contributed by atoms with Crippen LogP contribution in [-0.2, 0) is 4.79 Å². The monoisotopic (exact) mass is 216 g/mol. The van der Waals surface area contributed by atoms with Crippen LogP contribution in [0.25, 0.3) is 0 Å². The number of amides is 1. The minimum atomic E-state index is -0.845. The van der Waals surface area contributed by atoms with Crippen molar-refractivity contribution in [1.82, 2.24) is 4.90 Å². The van der Waals surface area contributed by atoms with Crippen LogP contribution in [0.2, 0.25) is 0 Å². The number of hydrogen-bond donors (Lipinski definition) is 2. The van der Waals surface area contributed by atoms with Gasteiger partial charge in [0.15, 0.2) is 0 Å². The number of likely N-dealkylation sites (N-methyl/N-ethyl adjacent to an activating group) is 1. The van der Waals surface area contributed by atoms with Crippen LogP contribution < -0.4 is 5.73 Å². The summed E-state index contributed by atoms with van der Waals surface area (Å²) in [5.74, 6) is 0.0222. The molecule has 0 rings (SSSR count). The van der Waals surface area contributed by atoms with Gasteiger partial charge in [-0.15, -0.1) is 0 Å². The molecule has 0 aliphatic carbocycles. The topological polar surface area (TPSA) is 66.6 Å². The Bertz CT molecular complexity index is 199. The van der Waals surface area contributed by atoms with Crippen molar-refractivity contribution in [2.75, 3.05) is 13.1 Å². The third kappa shape index (κ3) is 6.47. The Morgan fingerprint density at radius 3 is 2.33 bits per heavy atom. The van der Waals surface area contributed by atoms with Gasteiger partial charge in [0.25, 0.3) is 0 Å². The molecule has 0 saturated carbocycles. The van der Waals surface area contributed by atoms with Crippen LogP contribution in [0.1, 0.15) is 40.5 Å². The van der Waals surface area contributed by atoms with Gasteiger partial charge in [-0.3, -0.25) is 4.79 Å². The Labute approximate surface area is 92.4 Å². The van der Waals surface area contributed by atoms with Crippen LogP contribution in [-0.4, -0.2) is 40.6 Å². The highest BCUT2D eigenvalue weighted by atomic mass is 16.3. The lowest BCUT2D eigenvalue weighted by molar-refractivity contribution is -0.134. The van der Waals surface area contributed by atoms with Gasteiger partial charge in [0.1, 0.15) is 0 Å². The highest BCUT2D eigenvalue weighted by Gasteiger charge is 2.21. The molecule has 0 aromatic carbocycles. The average Bonchev–Trinajstić information content (AvgIpc) is 2.12. The quantitative estimate of drug-likeness (QED) is 0.688. The van der Waals surface area contributed by atoms with E-state index in [-0.39, 0.29) is 11.9 Å². The van der Waals surface area contributed by atoms with E-state index < -0.39 is 5.60 Å². The smallest absolute Gasteiger partial charge is 0.224 e. The summed E-state index contributed by atoms with van der Waals surface area (Å²) in [6.45, 7) is 8.23. The van der Waals surface area contributed by atoms with Gasteiger partial charge in [0.05, 0.1) is 5.60 Å². The van der Waals surface area contributed by atoms with Crippen molar-refractivity contribution in [2.24, 2.45) is 5.73 Å². The molecule has 0 heterocycles. The largest absolute Gasteiger partial charge is 0.389 e. The maximum Gasteiger partial charge on any atom is 0.224 e. The summed E-state index contributed by atoms with van der Waals surface area (Å²) in [5, 5.41) is 9.63. The van der Waals surface area contributed by atoms with Gasteiger partial charge < -0.3 is 15.7 Å². The number of carbonyl (C=O) groups excluding carboxylic acids is 1. The molecule has 4 heteroatoms. The highest BCUT2D eigenvalue weighted by Crippen LogP contribution is 2.07. The van der Waals surface area contributed by atoms with E-state index in [0.717, 1.165) is 6.42 Å². The summed E-state index contributed by atoms with van der Waals surface area (Å²) in [5.41, 5.74) is 4.87. The van der Waals surface area contributed by atoms with Crippen LogP contribution in [0.5, 0.6) is 0 Å². The van der Waals surface area contributed by atoms with E-state index >= 15 is 0 Å². The first-order valence-electron chi connectivity index (χ1n) is 5.55. The first-order valence-corrected chi connectivity index (χ1v) is 5.55. The molecule has 0 spiro atoms. The first-order chi connectivity index (χ1) is 6.80. The number of aliphatic hydroxyl groups is 1. The normalized spacial score (nSPS) is 13.7. The summed E-state index contributed by atoms with van der Waals surface area (Å²) in [4.78, 5) is 13.4. The number of nitrogens with two attached hydrogens (primary N) is 1. The molecule has 1 amide bonds. The van der Waals surface area contributed by atoms with E-state index in [1.54, 1.807) is 18.7 Å². The molecule has 0 saturated heterocycles. The Morgan fingerprint density at radius 2 is 2.00 bits per heavy atom. The third-order valence-electron chi connectivity index (χ3n) is 2.27. The first kappa shape index (κ1) is 14.4. The van der Waals surface area contributed by atoms with Crippen LogP contribution >= 0.6 is 0 Å². The van der Waals surface area contributed by atoms with E-state index in [2.05, 4.69) is 0 Å². The van der Waals surface area contributed by atoms with Crippen LogP contribution in [0, 0.1) is 0 Å². The summed E-state index contributed by atoms with van der Waals surface area (Å²) < 4.78 is 0. The fourth-order valence-electron chi connectivity index (χ4n) is 1.34. The molecule has 0 aromatic rings. The van der Waals surface area contributed by atoms with E-state index in [1.807, 2.05) is 13.8 Å². The zero-order valence-electron chi connectivity index (χ0n) is 10.3. The van der Waals surface area contributed by atoms with E-state index in [9.17, 15) is 9.90 Å². The molecule has 0 aliphatic heterocycles. The van der Waals surface area contributed by atoms with Crippen LogP contribution in [0.3, 0.4) is 0 Å². The lowest BCUT2D eigenvalue weighted by Gasteiger charge is -2.28. The highest BCUT2D eigenvalue weighted by molar-refractivity contribution is 5.76. The van der Waals surface area contributed by atoms with Gasteiger partial charge in [-0.25, -0.2) is 0 Å². The molecule has 0 aliphatic rings. The standard InChI is InChI=1S/C11H24N2O2/c1-5-9(12)7-10(14)13(6-2)8-11(3,4)15/h9,15H,5-8,12H2,1-4H3. The summed E-state index contributed by atoms with van der Waals surface area (Å²) >= 11 is 0. The second kappa shape index (κ2) is 6.08. The second-order valence-corrected chi connectivity index (χ2v) is 4.59. The predicted octanol–water partition coefficient (Wildman–Crippen LogP) is 0.733.